The average molecular weight is 493 g/mol. The van der Waals surface area contributed by atoms with Crippen molar-refractivity contribution in [2.75, 3.05) is 32.0 Å². The predicted molar refractivity (Wildman–Crippen MR) is 139 cm³/mol. The van der Waals surface area contributed by atoms with Crippen LogP contribution in [0, 0.1) is 0 Å². The van der Waals surface area contributed by atoms with Gasteiger partial charge in [0.05, 0.1) is 21.3 Å². The Bertz CT molecular complexity index is 1240. The summed E-state index contributed by atoms with van der Waals surface area (Å²) in [6.45, 7) is 0. The number of ether oxygens (including phenoxy) is 3. The first-order valence-electron chi connectivity index (χ1n) is 11.8. The van der Waals surface area contributed by atoms with Gasteiger partial charge in [-0.3, -0.25) is 4.79 Å². The normalized spacial score (nSPS) is 17.2. The van der Waals surface area contributed by atoms with Crippen LogP contribution in [0.3, 0.4) is 0 Å². The summed E-state index contributed by atoms with van der Waals surface area (Å²) in [5, 5.41) is 6.54. The number of nitrogens with one attached hydrogen (secondary N) is 2. The van der Waals surface area contributed by atoms with Crippen molar-refractivity contribution in [2.24, 2.45) is 11.5 Å². The number of methoxy groups -OCH3 is 3. The molecule has 1 aliphatic carbocycles. The third-order valence-electron chi connectivity index (χ3n) is 6.33. The van der Waals surface area contributed by atoms with Gasteiger partial charge in [-0.2, -0.15) is 4.98 Å². The van der Waals surface area contributed by atoms with E-state index in [1.165, 1.54) is 6.20 Å². The van der Waals surface area contributed by atoms with Crippen molar-refractivity contribution in [3.8, 4) is 28.4 Å². The number of primary amides is 1. The molecule has 10 nitrogen and oxygen atoms in total. The Labute approximate surface area is 210 Å². The van der Waals surface area contributed by atoms with E-state index < -0.39 is 5.91 Å². The zero-order chi connectivity index (χ0) is 25.7. The zero-order valence-corrected chi connectivity index (χ0v) is 20.7. The second-order valence-corrected chi connectivity index (χ2v) is 8.61. The molecule has 0 unspecified atom stereocenters. The Hall–Kier alpha value is -4.05. The van der Waals surface area contributed by atoms with Crippen molar-refractivity contribution in [2.45, 2.75) is 37.8 Å². The molecule has 0 bridgehead atoms. The van der Waals surface area contributed by atoms with Gasteiger partial charge in [0, 0.05) is 29.5 Å². The van der Waals surface area contributed by atoms with Crippen LogP contribution in [0.4, 0.5) is 17.5 Å². The Kier molecular flexibility index (Phi) is 7.74. The number of nitrogens with two attached hydrogens (primary N) is 2. The van der Waals surface area contributed by atoms with Gasteiger partial charge in [-0.1, -0.05) is 25.0 Å². The number of benzene rings is 2. The van der Waals surface area contributed by atoms with Crippen LogP contribution in [-0.4, -0.2) is 49.3 Å². The summed E-state index contributed by atoms with van der Waals surface area (Å²) in [6.07, 6.45) is 5.54. The minimum absolute atomic E-state index is 0.0303. The molecule has 0 radical (unpaired) electrons. The Balaban J connectivity index is 1.66. The maximum absolute atomic E-state index is 12.1. The second kappa shape index (κ2) is 11.1. The van der Waals surface area contributed by atoms with Gasteiger partial charge in [-0.25, -0.2) is 4.98 Å². The molecule has 4 rings (SSSR count). The first-order valence-corrected chi connectivity index (χ1v) is 11.8. The first-order chi connectivity index (χ1) is 17.4. The SMILES string of the molecule is COc1ccc(-c2cccc(Nc3nc(N[C@@H]4CCCC[C@@H]4N)ncc3C(N)=O)c2)c(OC)c1OC. The van der Waals surface area contributed by atoms with E-state index in [1.807, 2.05) is 36.4 Å². The van der Waals surface area contributed by atoms with Gasteiger partial charge in [0.2, 0.25) is 11.7 Å². The Morgan fingerprint density at radius 2 is 1.81 bits per heavy atom. The molecule has 2 atom stereocenters. The molecule has 0 aliphatic heterocycles. The summed E-state index contributed by atoms with van der Waals surface area (Å²) in [5.41, 5.74) is 14.4. The van der Waals surface area contributed by atoms with Crippen molar-refractivity contribution in [1.29, 1.82) is 0 Å². The molecule has 1 heterocycles. The van der Waals surface area contributed by atoms with E-state index in [4.69, 9.17) is 25.7 Å². The minimum Gasteiger partial charge on any atom is -0.493 e. The highest BCUT2D eigenvalue weighted by atomic mass is 16.5. The fraction of sp³-hybridized carbons (Fsp3) is 0.346. The molecular weight excluding hydrogens is 460 g/mol. The highest BCUT2D eigenvalue weighted by Crippen LogP contribution is 2.44. The summed E-state index contributed by atoms with van der Waals surface area (Å²) >= 11 is 0. The van der Waals surface area contributed by atoms with E-state index >= 15 is 0 Å². The van der Waals surface area contributed by atoms with Crippen LogP contribution in [-0.2, 0) is 0 Å². The number of rotatable bonds is 9. The van der Waals surface area contributed by atoms with Crippen LogP contribution < -0.4 is 36.3 Å². The van der Waals surface area contributed by atoms with E-state index in [1.54, 1.807) is 21.3 Å². The molecule has 190 valence electrons. The van der Waals surface area contributed by atoms with E-state index in [-0.39, 0.29) is 17.6 Å². The van der Waals surface area contributed by atoms with Crippen LogP contribution in [0.15, 0.2) is 42.6 Å². The number of hydrogen-bond donors (Lipinski definition) is 4. The molecule has 1 aromatic heterocycles. The highest BCUT2D eigenvalue weighted by molar-refractivity contribution is 5.98. The minimum atomic E-state index is -0.629. The number of nitrogens with zero attached hydrogens (tertiary/aromatic N) is 2. The largest absolute Gasteiger partial charge is 0.493 e. The third-order valence-corrected chi connectivity index (χ3v) is 6.33. The van der Waals surface area contributed by atoms with Gasteiger partial charge >= 0.3 is 0 Å². The van der Waals surface area contributed by atoms with Crippen LogP contribution >= 0.6 is 0 Å². The van der Waals surface area contributed by atoms with Gasteiger partial charge in [-0.05, 0) is 42.7 Å². The zero-order valence-electron chi connectivity index (χ0n) is 20.7. The van der Waals surface area contributed by atoms with E-state index in [2.05, 4.69) is 20.6 Å². The van der Waals surface area contributed by atoms with Gasteiger partial charge in [0.25, 0.3) is 5.91 Å². The molecule has 10 heteroatoms. The molecule has 0 spiro atoms. The smallest absolute Gasteiger partial charge is 0.254 e. The molecule has 6 N–H and O–H groups in total. The lowest BCUT2D eigenvalue weighted by atomic mass is 9.91. The van der Waals surface area contributed by atoms with Gasteiger partial charge in [-0.15, -0.1) is 0 Å². The topological polar surface area (TPSA) is 147 Å². The predicted octanol–water partition coefficient (Wildman–Crippen LogP) is 3.69. The van der Waals surface area contributed by atoms with Crippen molar-refractivity contribution in [3.63, 3.8) is 0 Å². The molecule has 36 heavy (non-hydrogen) atoms. The summed E-state index contributed by atoms with van der Waals surface area (Å²) in [6, 6.07) is 11.4. The summed E-state index contributed by atoms with van der Waals surface area (Å²) < 4.78 is 16.6. The molecule has 3 aromatic rings. The molecule has 0 saturated heterocycles. The van der Waals surface area contributed by atoms with Gasteiger partial charge < -0.3 is 36.3 Å². The number of aromatic nitrogens is 2. The monoisotopic (exact) mass is 492 g/mol. The lowest BCUT2D eigenvalue weighted by Crippen LogP contribution is -2.43. The Morgan fingerprint density at radius 1 is 1.03 bits per heavy atom. The van der Waals surface area contributed by atoms with Crippen molar-refractivity contribution in [3.05, 3.63) is 48.2 Å². The second-order valence-electron chi connectivity index (χ2n) is 8.61. The first kappa shape index (κ1) is 25.1. The fourth-order valence-corrected chi connectivity index (χ4v) is 4.46. The molecule has 1 fully saturated rings. The average Bonchev–Trinajstić information content (AvgIpc) is 2.89. The number of carbonyl (C=O) groups excluding carboxylic acids is 1. The maximum Gasteiger partial charge on any atom is 0.254 e. The fourth-order valence-electron chi connectivity index (χ4n) is 4.46. The quantitative estimate of drug-likeness (QED) is 0.351. The molecular formula is C26H32N6O4. The van der Waals surface area contributed by atoms with Crippen molar-refractivity contribution in [1.82, 2.24) is 9.97 Å². The Morgan fingerprint density at radius 3 is 2.50 bits per heavy atom. The standard InChI is InChI=1S/C26H32N6O4/c1-34-21-12-11-17(22(35-2)23(21)36-3)15-7-6-8-16(13-15)30-25-18(24(28)33)14-29-26(32-25)31-20-10-5-4-9-19(20)27/h6-8,11-14,19-20H,4-5,9-10,27H2,1-3H3,(H2,28,33)(H2,29,30,31,32)/t19-,20+/m0/s1. The van der Waals surface area contributed by atoms with Crippen LogP contribution in [0.5, 0.6) is 17.2 Å². The maximum atomic E-state index is 12.1. The number of hydrogen-bond acceptors (Lipinski definition) is 9. The number of carbonyl (C=O) groups is 1. The lowest BCUT2D eigenvalue weighted by molar-refractivity contribution is 0.100. The number of anilines is 3. The molecule has 1 saturated carbocycles. The van der Waals surface area contributed by atoms with E-state index in [0.29, 0.717) is 34.7 Å². The van der Waals surface area contributed by atoms with Gasteiger partial charge in [0.15, 0.2) is 11.5 Å². The molecule has 1 amide bonds. The van der Waals surface area contributed by atoms with Crippen molar-refractivity contribution < 1.29 is 19.0 Å². The van der Waals surface area contributed by atoms with Gasteiger partial charge in [0.1, 0.15) is 11.4 Å². The van der Waals surface area contributed by atoms with E-state index in [9.17, 15) is 4.79 Å². The highest BCUT2D eigenvalue weighted by Gasteiger charge is 2.23. The lowest BCUT2D eigenvalue weighted by Gasteiger charge is -2.29. The van der Waals surface area contributed by atoms with Crippen LogP contribution in [0.25, 0.3) is 11.1 Å². The molecule has 1 aliphatic rings. The third kappa shape index (κ3) is 5.28. The van der Waals surface area contributed by atoms with E-state index in [0.717, 1.165) is 36.8 Å². The number of amides is 1. The summed E-state index contributed by atoms with van der Waals surface area (Å²) in [7, 11) is 4.72. The van der Waals surface area contributed by atoms with Crippen molar-refractivity contribution >= 4 is 23.4 Å². The van der Waals surface area contributed by atoms with Crippen LogP contribution in [0.1, 0.15) is 36.0 Å². The molecule has 2 aromatic carbocycles. The van der Waals surface area contributed by atoms with Crippen LogP contribution in [0.2, 0.25) is 0 Å². The summed E-state index contributed by atoms with van der Waals surface area (Å²) in [4.78, 5) is 20.9. The summed E-state index contributed by atoms with van der Waals surface area (Å²) in [5.74, 6) is 1.68.